The van der Waals surface area contributed by atoms with Crippen molar-refractivity contribution >= 4 is 22.0 Å². The smallest absolute Gasteiger partial charge is 0.315 e. The maximum absolute atomic E-state index is 12.5. The molecular formula is C24H35BrN2O2. The van der Waals surface area contributed by atoms with E-state index in [1.165, 1.54) is 44.1 Å². The van der Waals surface area contributed by atoms with Gasteiger partial charge in [0.2, 0.25) is 0 Å². The third-order valence-corrected chi connectivity index (χ3v) is 7.70. The van der Waals surface area contributed by atoms with Crippen LogP contribution in [0.4, 0.5) is 4.79 Å². The molecule has 0 heterocycles. The van der Waals surface area contributed by atoms with Crippen molar-refractivity contribution in [1.82, 2.24) is 10.6 Å². The summed E-state index contributed by atoms with van der Waals surface area (Å²) in [6.07, 6.45) is 8.54. The van der Waals surface area contributed by atoms with Crippen LogP contribution in [0, 0.1) is 17.8 Å². The highest BCUT2D eigenvalue weighted by Gasteiger charge is 2.51. The first-order chi connectivity index (χ1) is 13.7. The Morgan fingerprint density at radius 1 is 1.14 bits per heavy atom. The van der Waals surface area contributed by atoms with Gasteiger partial charge in [0.05, 0.1) is 11.1 Å². The van der Waals surface area contributed by atoms with E-state index in [4.69, 9.17) is 4.74 Å². The molecule has 5 heteroatoms. The molecule has 0 aromatic heterocycles. The van der Waals surface area contributed by atoms with Crippen molar-refractivity contribution in [2.24, 2.45) is 17.8 Å². The highest BCUT2D eigenvalue weighted by Crippen LogP contribution is 2.55. The summed E-state index contributed by atoms with van der Waals surface area (Å²) in [4.78, 5) is 12.5. The Bertz CT molecular complexity index is 720. The number of benzene rings is 1. The molecule has 2 N–H and O–H groups in total. The molecule has 0 aliphatic heterocycles. The molecule has 4 fully saturated rings. The van der Waals surface area contributed by atoms with Crippen LogP contribution in [0.15, 0.2) is 22.7 Å². The van der Waals surface area contributed by atoms with E-state index >= 15 is 0 Å². The molecule has 2 amide bonds. The number of carbonyl (C=O) groups is 1. The van der Waals surface area contributed by atoms with Gasteiger partial charge in [-0.2, -0.15) is 0 Å². The van der Waals surface area contributed by atoms with Gasteiger partial charge in [0.25, 0.3) is 0 Å². The van der Waals surface area contributed by atoms with E-state index < -0.39 is 0 Å². The van der Waals surface area contributed by atoms with E-state index in [1.807, 2.05) is 6.07 Å². The molecule has 0 unspecified atom stereocenters. The minimum absolute atomic E-state index is 0.00246. The minimum atomic E-state index is 0.00246. The lowest BCUT2D eigenvalue weighted by molar-refractivity contribution is -0.0135. The summed E-state index contributed by atoms with van der Waals surface area (Å²) in [5.74, 6) is 3.39. The maximum atomic E-state index is 12.5. The van der Waals surface area contributed by atoms with Crippen molar-refractivity contribution in [3.63, 3.8) is 0 Å². The van der Waals surface area contributed by atoms with Crippen LogP contribution in [0.3, 0.4) is 0 Å². The summed E-state index contributed by atoms with van der Waals surface area (Å²) in [6.45, 7) is 7.83. The lowest BCUT2D eigenvalue weighted by Gasteiger charge is -2.56. The second kappa shape index (κ2) is 8.13. The van der Waals surface area contributed by atoms with Crippen LogP contribution in [0.1, 0.15) is 71.3 Å². The molecule has 0 atom stereocenters. The second-order valence-electron chi connectivity index (χ2n) is 10.7. The molecule has 4 aliphatic carbocycles. The average molecular weight is 463 g/mol. The summed E-state index contributed by atoms with van der Waals surface area (Å²) in [5.41, 5.74) is 1.48. The molecule has 0 spiro atoms. The molecule has 5 rings (SSSR count). The maximum Gasteiger partial charge on any atom is 0.315 e. The number of halogens is 1. The predicted molar refractivity (Wildman–Crippen MR) is 120 cm³/mol. The van der Waals surface area contributed by atoms with Crippen LogP contribution in [0.25, 0.3) is 0 Å². The molecule has 160 valence electrons. The zero-order valence-corrected chi connectivity index (χ0v) is 19.6. The zero-order chi connectivity index (χ0) is 20.6. The van der Waals surface area contributed by atoms with Crippen molar-refractivity contribution in [3.8, 4) is 5.75 Å². The largest absolute Gasteiger partial charge is 0.492 e. The highest BCUT2D eigenvalue weighted by molar-refractivity contribution is 9.10. The normalized spacial score (nSPS) is 30.3. The van der Waals surface area contributed by atoms with Gasteiger partial charge < -0.3 is 15.4 Å². The Hall–Kier alpha value is -1.23. The topological polar surface area (TPSA) is 50.4 Å². The molecule has 4 nitrogen and oxygen atoms in total. The van der Waals surface area contributed by atoms with Crippen LogP contribution >= 0.6 is 15.9 Å². The SMILES string of the molecule is CC(C)(C)c1ccc(OCCCNC(=O)NC23CC4CC(CC(C4)C2)C3)c(Br)c1. The Morgan fingerprint density at radius 3 is 2.31 bits per heavy atom. The van der Waals surface area contributed by atoms with Crippen LogP contribution in [0.2, 0.25) is 0 Å². The minimum Gasteiger partial charge on any atom is -0.492 e. The molecule has 4 aliphatic rings. The van der Waals surface area contributed by atoms with Crippen molar-refractivity contribution in [1.29, 1.82) is 0 Å². The number of hydrogen-bond donors (Lipinski definition) is 2. The van der Waals surface area contributed by atoms with Gasteiger partial charge >= 0.3 is 6.03 Å². The lowest BCUT2D eigenvalue weighted by atomic mass is 9.53. The summed E-state index contributed by atoms with van der Waals surface area (Å²) in [6, 6.07) is 6.28. The highest BCUT2D eigenvalue weighted by atomic mass is 79.9. The molecule has 0 saturated heterocycles. The van der Waals surface area contributed by atoms with Crippen molar-refractivity contribution < 1.29 is 9.53 Å². The molecule has 29 heavy (non-hydrogen) atoms. The first kappa shape index (κ1) is 21.0. The van der Waals surface area contributed by atoms with E-state index in [1.54, 1.807) is 0 Å². The predicted octanol–water partition coefficient (Wildman–Crippen LogP) is 5.78. The van der Waals surface area contributed by atoms with E-state index in [0.717, 1.165) is 34.4 Å². The molecule has 0 radical (unpaired) electrons. The summed E-state index contributed by atoms with van der Waals surface area (Å²) < 4.78 is 6.89. The van der Waals surface area contributed by atoms with E-state index in [9.17, 15) is 4.79 Å². The van der Waals surface area contributed by atoms with Crippen molar-refractivity contribution in [2.75, 3.05) is 13.2 Å². The van der Waals surface area contributed by atoms with Crippen LogP contribution in [-0.2, 0) is 5.41 Å². The molecular weight excluding hydrogens is 428 g/mol. The zero-order valence-electron chi connectivity index (χ0n) is 18.0. The fraction of sp³-hybridized carbons (Fsp3) is 0.708. The van der Waals surface area contributed by atoms with Crippen molar-refractivity contribution in [2.45, 2.75) is 76.7 Å². The van der Waals surface area contributed by atoms with Crippen LogP contribution in [-0.4, -0.2) is 24.7 Å². The molecule has 1 aromatic carbocycles. The van der Waals surface area contributed by atoms with Crippen LogP contribution in [0.5, 0.6) is 5.75 Å². The first-order valence-corrected chi connectivity index (χ1v) is 12.0. The van der Waals surface area contributed by atoms with Gasteiger partial charge in [0, 0.05) is 12.1 Å². The summed E-state index contributed by atoms with van der Waals surface area (Å²) in [7, 11) is 0. The monoisotopic (exact) mass is 462 g/mol. The average Bonchev–Trinajstić information content (AvgIpc) is 2.60. The van der Waals surface area contributed by atoms with E-state index in [0.29, 0.717) is 13.2 Å². The quantitative estimate of drug-likeness (QED) is 0.525. The van der Waals surface area contributed by atoms with E-state index in [2.05, 4.69) is 59.5 Å². The Balaban J connectivity index is 1.18. The lowest BCUT2D eigenvalue weighted by Crippen LogP contribution is -2.61. The summed E-state index contributed by atoms with van der Waals surface area (Å²) >= 11 is 3.61. The molecule has 4 saturated carbocycles. The number of amides is 2. The standard InChI is InChI=1S/C24H35BrN2O2/c1-23(2,3)19-5-6-21(20(25)12-19)29-8-4-7-26-22(28)27-24-13-16-9-17(14-24)11-18(10-16)15-24/h5-6,12,16-18H,4,7-11,13-15H2,1-3H3,(H2,26,27,28). The number of rotatable bonds is 6. The van der Waals surface area contributed by atoms with Gasteiger partial charge in [-0.25, -0.2) is 4.79 Å². The number of carbonyl (C=O) groups excluding carboxylic acids is 1. The van der Waals surface area contributed by atoms with Gasteiger partial charge in [-0.15, -0.1) is 0 Å². The summed E-state index contributed by atoms with van der Waals surface area (Å²) in [5, 5.41) is 6.41. The Labute approximate surface area is 183 Å². The Morgan fingerprint density at radius 2 is 1.76 bits per heavy atom. The number of nitrogens with one attached hydrogen (secondary N) is 2. The second-order valence-corrected chi connectivity index (χ2v) is 11.5. The van der Waals surface area contributed by atoms with E-state index in [-0.39, 0.29) is 17.0 Å². The van der Waals surface area contributed by atoms with Gasteiger partial charge in [0.1, 0.15) is 5.75 Å². The van der Waals surface area contributed by atoms with Crippen molar-refractivity contribution in [3.05, 3.63) is 28.2 Å². The first-order valence-electron chi connectivity index (χ1n) is 11.2. The molecule has 4 bridgehead atoms. The fourth-order valence-electron chi connectivity index (χ4n) is 6.09. The van der Waals surface area contributed by atoms with Crippen LogP contribution < -0.4 is 15.4 Å². The Kier molecular flexibility index (Phi) is 5.89. The van der Waals surface area contributed by atoms with Gasteiger partial charge in [-0.3, -0.25) is 0 Å². The third kappa shape index (κ3) is 4.92. The number of urea groups is 1. The van der Waals surface area contributed by atoms with Gasteiger partial charge in [-0.05, 0) is 102 Å². The molecule has 1 aromatic rings. The number of ether oxygens (including phenoxy) is 1. The third-order valence-electron chi connectivity index (χ3n) is 7.08. The number of hydrogen-bond acceptors (Lipinski definition) is 2. The van der Waals surface area contributed by atoms with Gasteiger partial charge in [0.15, 0.2) is 0 Å². The fourth-order valence-corrected chi connectivity index (χ4v) is 6.58. The van der Waals surface area contributed by atoms with Gasteiger partial charge in [-0.1, -0.05) is 26.8 Å².